The molecule has 7 heteroatoms. The third-order valence-corrected chi connectivity index (χ3v) is 4.65. The maximum Gasteiger partial charge on any atom is 0.253 e. The van der Waals surface area contributed by atoms with Crippen LogP contribution in [0.4, 0.5) is 0 Å². The highest BCUT2D eigenvalue weighted by Gasteiger charge is 2.22. The molecule has 1 fully saturated rings. The molecule has 5 nitrogen and oxygen atoms in total. The zero-order valence-electron chi connectivity index (χ0n) is 15.7. The number of piperidine rings is 1. The number of amides is 1. The van der Waals surface area contributed by atoms with Crippen molar-refractivity contribution >= 4 is 30.7 Å². The Morgan fingerprint density at radius 3 is 2.59 bits per heavy atom. The number of aryl methyl sites for hydroxylation is 1. The molecule has 1 aliphatic rings. The second-order valence-corrected chi connectivity index (χ2v) is 6.48. The van der Waals surface area contributed by atoms with Crippen LogP contribution in [0.15, 0.2) is 42.6 Å². The second kappa shape index (κ2) is 11.1. The fourth-order valence-corrected chi connectivity index (χ4v) is 3.05. The summed E-state index contributed by atoms with van der Waals surface area (Å²) in [6.07, 6.45) is 3.73. The molecule has 0 aliphatic carbocycles. The Balaban J connectivity index is 0.00000182. The first-order valence-electron chi connectivity index (χ1n) is 8.76. The van der Waals surface area contributed by atoms with Crippen LogP contribution < -0.4 is 10.1 Å². The Hall–Kier alpha value is -1.82. The van der Waals surface area contributed by atoms with Gasteiger partial charge in [0.2, 0.25) is 0 Å². The average molecular weight is 412 g/mol. The van der Waals surface area contributed by atoms with Gasteiger partial charge in [0, 0.05) is 30.4 Å². The predicted octanol–water partition coefficient (Wildman–Crippen LogP) is 3.64. The SMILES string of the molecule is CNC1CCN(C(=O)c2cccc(COc3ccc(C)nc3)c2)CC1.Cl.Cl. The van der Waals surface area contributed by atoms with Crippen molar-refractivity contribution in [1.29, 1.82) is 0 Å². The molecule has 2 heterocycles. The van der Waals surface area contributed by atoms with E-state index in [2.05, 4.69) is 10.3 Å². The largest absolute Gasteiger partial charge is 0.487 e. The average Bonchev–Trinajstić information content (AvgIpc) is 2.67. The van der Waals surface area contributed by atoms with Gasteiger partial charge < -0.3 is 15.0 Å². The van der Waals surface area contributed by atoms with E-state index in [9.17, 15) is 4.79 Å². The van der Waals surface area contributed by atoms with Crippen LogP contribution in [-0.2, 0) is 6.61 Å². The number of nitrogens with one attached hydrogen (secondary N) is 1. The van der Waals surface area contributed by atoms with Gasteiger partial charge in [0.15, 0.2) is 0 Å². The van der Waals surface area contributed by atoms with Gasteiger partial charge in [0.25, 0.3) is 5.91 Å². The summed E-state index contributed by atoms with van der Waals surface area (Å²) < 4.78 is 5.76. The van der Waals surface area contributed by atoms with Gasteiger partial charge in [-0.05, 0) is 56.6 Å². The normalized spacial score (nSPS) is 14.1. The van der Waals surface area contributed by atoms with E-state index in [0.29, 0.717) is 12.6 Å². The molecule has 1 saturated heterocycles. The van der Waals surface area contributed by atoms with Crippen molar-refractivity contribution in [2.75, 3.05) is 20.1 Å². The number of benzene rings is 1. The minimum absolute atomic E-state index is 0. The number of carbonyl (C=O) groups is 1. The number of carbonyl (C=O) groups excluding carboxylic acids is 1. The van der Waals surface area contributed by atoms with Crippen molar-refractivity contribution in [2.45, 2.75) is 32.4 Å². The highest BCUT2D eigenvalue weighted by molar-refractivity contribution is 5.94. The monoisotopic (exact) mass is 411 g/mol. The molecule has 3 rings (SSSR count). The lowest BCUT2D eigenvalue weighted by Gasteiger charge is -2.32. The van der Waals surface area contributed by atoms with E-state index < -0.39 is 0 Å². The number of halogens is 2. The lowest BCUT2D eigenvalue weighted by Crippen LogP contribution is -2.43. The molecule has 1 aliphatic heterocycles. The van der Waals surface area contributed by atoms with Crippen LogP contribution in [0.1, 0.15) is 34.5 Å². The first-order valence-corrected chi connectivity index (χ1v) is 8.76. The van der Waals surface area contributed by atoms with Crippen LogP contribution in [0.2, 0.25) is 0 Å². The number of likely N-dealkylation sites (tertiary alicyclic amines) is 1. The number of rotatable bonds is 5. The van der Waals surface area contributed by atoms with Gasteiger partial charge in [-0.25, -0.2) is 0 Å². The molecule has 0 saturated carbocycles. The Morgan fingerprint density at radius 1 is 1.22 bits per heavy atom. The van der Waals surface area contributed by atoms with Gasteiger partial charge in [0.1, 0.15) is 12.4 Å². The number of hydrogen-bond donors (Lipinski definition) is 1. The quantitative estimate of drug-likeness (QED) is 0.815. The molecule has 1 N–H and O–H groups in total. The minimum atomic E-state index is 0. The van der Waals surface area contributed by atoms with Crippen molar-refractivity contribution < 1.29 is 9.53 Å². The van der Waals surface area contributed by atoms with Gasteiger partial charge in [-0.3, -0.25) is 9.78 Å². The molecular weight excluding hydrogens is 385 g/mol. The van der Waals surface area contributed by atoms with Gasteiger partial charge in [0.05, 0.1) is 6.20 Å². The summed E-state index contributed by atoms with van der Waals surface area (Å²) in [4.78, 5) is 18.9. The van der Waals surface area contributed by atoms with Crippen LogP contribution in [0.25, 0.3) is 0 Å². The number of nitrogens with zero attached hydrogens (tertiary/aromatic N) is 2. The minimum Gasteiger partial charge on any atom is -0.487 e. The van der Waals surface area contributed by atoms with Crippen LogP contribution >= 0.6 is 24.8 Å². The summed E-state index contributed by atoms with van der Waals surface area (Å²) in [7, 11) is 1.98. The van der Waals surface area contributed by atoms with E-state index >= 15 is 0 Å². The van der Waals surface area contributed by atoms with Gasteiger partial charge in [-0.1, -0.05) is 12.1 Å². The van der Waals surface area contributed by atoms with E-state index in [0.717, 1.165) is 48.5 Å². The Kier molecular flexibility index (Phi) is 9.56. The van der Waals surface area contributed by atoms with Crippen molar-refractivity contribution in [3.63, 3.8) is 0 Å². The molecular formula is C20H27Cl2N3O2. The van der Waals surface area contributed by atoms with Crippen LogP contribution in [0.5, 0.6) is 5.75 Å². The maximum atomic E-state index is 12.7. The number of pyridine rings is 1. The first-order chi connectivity index (χ1) is 12.2. The van der Waals surface area contributed by atoms with Crippen LogP contribution in [-0.4, -0.2) is 42.0 Å². The Bertz CT molecular complexity index is 717. The zero-order valence-corrected chi connectivity index (χ0v) is 17.3. The van der Waals surface area contributed by atoms with E-state index in [1.165, 1.54) is 0 Å². The topological polar surface area (TPSA) is 54.5 Å². The Morgan fingerprint density at radius 2 is 1.96 bits per heavy atom. The molecule has 1 aromatic heterocycles. The second-order valence-electron chi connectivity index (χ2n) is 6.48. The van der Waals surface area contributed by atoms with Gasteiger partial charge >= 0.3 is 0 Å². The highest BCUT2D eigenvalue weighted by Crippen LogP contribution is 2.16. The van der Waals surface area contributed by atoms with Crippen LogP contribution in [0, 0.1) is 6.92 Å². The highest BCUT2D eigenvalue weighted by atomic mass is 35.5. The lowest BCUT2D eigenvalue weighted by atomic mass is 10.0. The summed E-state index contributed by atoms with van der Waals surface area (Å²) in [5.74, 6) is 0.838. The standard InChI is InChI=1S/C20H25N3O2.2ClH/c1-15-6-7-19(13-22-15)25-14-16-4-3-5-17(12-16)20(24)23-10-8-18(21-2)9-11-23;;/h3-7,12-13,18,21H,8-11,14H2,1-2H3;2*1H. The number of ether oxygens (including phenoxy) is 1. The first kappa shape index (κ1) is 23.2. The van der Waals surface area contributed by atoms with E-state index in [1.807, 2.05) is 55.3 Å². The van der Waals surface area contributed by atoms with E-state index in [4.69, 9.17) is 4.74 Å². The molecule has 0 bridgehead atoms. The summed E-state index contributed by atoms with van der Waals surface area (Å²) in [6.45, 7) is 3.98. The summed E-state index contributed by atoms with van der Waals surface area (Å²) in [5, 5.41) is 3.29. The molecule has 0 atom stereocenters. The number of aromatic nitrogens is 1. The fraction of sp³-hybridized carbons (Fsp3) is 0.400. The molecule has 1 aromatic carbocycles. The maximum absolute atomic E-state index is 12.7. The molecule has 0 unspecified atom stereocenters. The summed E-state index contributed by atoms with van der Waals surface area (Å²) in [5.41, 5.74) is 2.67. The summed E-state index contributed by atoms with van der Waals surface area (Å²) in [6, 6.07) is 12.0. The van der Waals surface area contributed by atoms with Crippen molar-refractivity contribution in [3.8, 4) is 5.75 Å². The summed E-state index contributed by atoms with van der Waals surface area (Å²) >= 11 is 0. The van der Waals surface area contributed by atoms with Crippen molar-refractivity contribution in [3.05, 3.63) is 59.4 Å². The lowest BCUT2D eigenvalue weighted by molar-refractivity contribution is 0.0707. The number of hydrogen-bond acceptors (Lipinski definition) is 4. The molecule has 27 heavy (non-hydrogen) atoms. The Labute approximate surface area is 173 Å². The smallest absolute Gasteiger partial charge is 0.253 e. The predicted molar refractivity (Wildman–Crippen MR) is 112 cm³/mol. The van der Waals surface area contributed by atoms with Gasteiger partial charge in [-0.15, -0.1) is 24.8 Å². The van der Waals surface area contributed by atoms with Crippen molar-refractivity contribution in [1.82, 2.24) is 15.2 Å². The molecule has 1 amide bonds. The molecule has 148 valence electrons. The van der Waals surface area contributed by atoms with Gasteiger partial charge in [-0.2, -0.15) is 0 Å². The third kappa shape index (κ3) is 6.38. The van der Waals surface area contributed by atoms with E-state index in [-0.39, 0.29) is 30.7 Å². The van der Waals surface area contributed by atoms with Crippen molar-refractivity contribution in [2.24, 2.45) is 0 Å². The zero-order chi connectivity index (χ0) is 17.6. The fourth-order valence-electron chi connectivity index (χ4n) is 3.05. The third-order valence-electron chi connectivity index (χ3n) is 4.65. The molecule has 0 spiro atoms. The molecule has 2 aromatic rings. The van der Waals surface area contributed by atoms with Crippen LogP contribution in [0.3, 0.4) is 0 Å². The molecule has 0 radical (unpaired) electrons. The van der Waals surface area contributed by atoms with E-state index in [1.54, 1.807) is 6.20 Å².